The van der Waals surface area contributed by atoms with E-state index >= 15 is 0 Å². The minimum Gasteiger partial charge on any atom is -0.504 e. The first kappa shape index (κ1) is 9.46. The average molecular weight is 215 g/mol. The normalized spacial score (nSPS) is 15.3. The van der Waals surface area contributed by atoms with Gasteiger partial charge in [0.05, 0.1) is 13.2 Å². The fourth-order valence-electron chi connectivity index (χ4n) is 1.18. The van der Waals surface area contributed by atoms with Crippen molar-refractivity contribution in [3.63, 3.8) is 0 Å². The Morgan fingerprint density at radius 3 is 2.71 bits per heavy atom. The standard InChI is InChI=1S/C10H11ClO3/c1-13-9-5-6(11)4-8(12)10(9)14-7-2-3-7/h4-5,7,12H,2-3H2,1H3. The molecular formula is C10H11ClO3. The third-order valence-corrected chi connectivity index (χ3v) is 2.25. The number of aromatic hydroxyl groups is 1. The van der Waals surface area contributed by atoms with Crippen molar-refractivity contribution >= 4 is 11.6 Å². The maximum atomic E-state index is 9.59. The molecule has 1 aliphatic carbocycles. The van der Waals surface area contributed by atoms with Crippen molar-refractivity contribution in [1.82, 2.24) is 0 Å². The second kappa shape index (κ2) is 3.58. The number of hydrogen-bond acceptors (Lipinski definition) is 3. The van der Waals surface area contributed by atoms with Crippen molar-refractivity contribution in [2.45, 2.75) is 18.9 Å². The summed E-state index contributed by atoms with van der Waals surface area (Å²) in [6.45, 7) is 0. The molecule has 1 fully saturated rings. The van der Waals surface area contributed by atoms with Gasteiger partial charge in [-0.1, -0.05) is 11.6 Å². The van der Waals surface area contributed by atoms with Gasteiger partial charge in [-0.15, -0.1) is 0 Å². The third kappa shape index (κ3) is 1.87. The first-order valence-corrected chi connectivity index (χ1v) is 4.81. The van der Waals surface area contributed by atoms with Gasteiger partial charge >= 0.3 is 0 Å². The van der Waals surface area contributed by atoms with Gasteiger partial charge in [-0.25, -0.2) is 0 Å². The highest BCUT2D eigenvalue weighted by Crippen LogP contribution is 2.42. The van der Waals surface area contributed by atoms with Crippen LogP contribution in [0.3, 0.4) is 0 Å². The summed E-state index contributed by atoms with van der Waals surface area (Å²) in [6, 6.07) is 3.07. The Morgan fingerprint density at radius 1 is 1.43 bits per heavy atom. The van der Waals surface area contributed by atoms with Crippen molar-refractivity contribution < 1.29 is 14.6 Å². The van der Waals surface area contributed by atoms with Gasteiger partial charge in [-0.2, -0.15) is 0 Å². The van der Waals surface area contributed by atoms with Crippen LogP contribution in [0.4, 0.5) is 0 Å². The highest BCUT2D eigenvalue weighted by Gasteiger charge is 2.26. The van der Waals surface area contributed by atoms with Gasteiger partial charge < -0.3 is 14.6 Å². The molecule has 3 nitrogen and oxygen atoms in total. The smallest absolute Gasteiger partial charge is 0.203 e. The summed E-state index contributed by atoms with van der Waals surface area (Å²) in [5.41, 5.74) is 0. The molecule has 1 saturated carbocycles. The maximum Gasteiger partial charge on any atom is 0.203 e. The monoisotopic (exact) mass is 214 g/mol. The van der Waals surface area contributed by atoms with E-state index in [9.17, 15) is 5.11 Å². The Kier molecular flexibility index (Phi) is 2.42. The zero-order valence-electron chi connectivity index (χ0n) is 7.79. The molecule has 2 rings (SSSR count). The summed E-state index contributed by atoms with van der Waals surface area (Å²) in [5, 5.41) is 10.0. The lowest BCUT2D eigenvalue weighted by Gasteiger charge is -2.11. The van der Waals surface area contributed by atoms with Gasteiger partial charge in [-0.05, 0) is 12.8 Å². The summed E-state index contributed by atoms with van der Waals surface area (Å²) in [4.78, 5) is 0. The summed E-state index contributed by atoms with van der Waals surface area (Å²) in [5.74, 6) is 0.891. The molecule has 0 aliphatic heterocycles. The average Bonchev–Trinajstić information content (AvgIpc) is 2.93. The van der Waals surface area contributed by atoms with Gasteiger partial charge in [0, 0.05) is 17.2 Å². The molecule has 0 atom stereocenters. The first-order chi connectivity index (χ1) is 6.70. The van der Waals surface area contributed by atoms with Crippen LogP contribution in [0, 0.1) is 0 Å². The number of phenolic OH excluding ortho intramolecular Hbond substituents is 1. The summed E-state index contributed by atoms with van der Waals surface area (Å²) in [7, 11) is 1.52. The van der Waals surface area contributed by atoms with E-state index in [1.54, 1.807) is 6.07 Å². The van der Waals surface area contributed by atoms with Gasteiger partial charge in [0.2, 0.25) is 5.75 Å². The van der Waals surface area contributed by atoms with Crippen LogP contribution >= 0.6 is 11.6 Å². The van der Waals surface area contributed by atoms with E-state index in [2.05, 4.69) is 0 Å². The van der Waals surface area contributed by atoms with Crippen molar-refractivity contribution in [3.8, 4) is 17.2 Å². The van der Waals surface area contributed by atoms with Crippen LogP contribution in [0.15, 0.2) is 12.1 Å². The Hall–Kier alpha value is -1.09. The van der Waals surface area contributed by atoms with Crippen LogP contribution in [-0.2, 0) is 0 Å². The zero-order valence-corrected chi connectivity index (χ0v) is 8.54. The maximum absolute atomic E-state index is 9.59. The molecule has 0 aromatic heterocycles. The largest absolute Gasteiger partial charge is 0.504 e. The van der Waals surface area contributed by atoms with E-state index < -0.39 is 0 Å². The Balaban J connectivity index is 2.33. The van der Waals surface area contributed by atoms with Crippen molar-refractivity contribution in [2.24, 2.45) is 0 Å². The second-order valence-electron chi connectivity index (χ2n) is 3.27. The minimum absolute atomic E-state index is 0.0289. The fourth-order valence-corrected chi connectivity index (χ4v) is 1.38. The first-order valence-electron chi connectivity index (χ1n) is 4.44. The number of benzene rings is 1. The second-order valence-corrected chi connectivity index (χ2v) is 3.71. The number of hydrogen-bond donors (Lipinski definition) is 1. The van der Waals surface area contributed by atoms with Crippen LogP contribution in [0.25, 0.3) is 0 Å². The van der Waals surface area contributed by atoms with E-state index in [1.165, 1.54) is 13.2 Å². The molecule has 4 heteroatoms. The summed E-state index contributed by atoms with van der Waals surface area (Å²) < 4.78 is 10.6. The molecule has 0 heterocycles. The number of ether oxygens (including phenoxy) is 2. The lowest BCUT2D eigenvalue weighted by atomic mass is 10.3. The minimum atomic E-state index is 0.0289. The van der Waals surface area contributed by atoms with Crippen LogP contribution in [0.2, 0.25) is 5.02 Å². The van der Waals surface area contributed by atoms with E-state index in [-0.39, 0.29) is 11.9 Å². The molecule has 76 valence electrons. The van der Waals surface area contributed by atoms with Crippen LogP contribution < -0.4 is 9.47 Å². The lowest BCUT2D eigenvalue weighted by molar-refractivity contribution is 0.267. The number of rotatable bonds is 3. The Morgan fingerprint density at radius 2 is 2.14 bits per heavy atom. The molecule has 0 amide bonds. The van der Waals surface area contributed by atoms with Crippen molar-refractivity contribution in [2.75, 3.05) is 7.11 Å². The van der Waals surface area contributed by atoms with Crippen LogP contribution in [0.1, 0.15) is 12.8 Å². The quantitative estimate of drug-likeness (QED) is 0.841. The van der Waals surface area contributed by atoms with Gasteiger partial charge in [0.25, 0.3) is 0 Å². The van der Waals surface area contributed by atoms with Crippen LogP contribution in [0.5, 0.6) is 17.2 Å². The summed E-state index contributed by atoms with van der Waals surface area (Å²) in [6.07, 6.45) is 2.28. The van der Waals surface area contributed by atoms with Crippen LogP contribution in [-0.4, -0.2) is 18.3 Å². The highest BCUT2D eigenvalue weighted by atomic mass is 35.5. The molecule has 0 spiro atoms. The topological polar surface area (TPSA) is 38.7 Å². The highest BCUT2D eigenvalue weighted by molar-refractivity contribution is 6.31. The van der Waals surface area contributed by atoms with Gasteiger partial charge in [-0.3, -0.25) is 0 Å². The third-order valence-electron chi connectivity index (χ3n) is 2.03. The number of halogens is 1. The molecule has 0 bridgehead atoms. The summed E-state index contributed by atoms with van der Waals surface area (Å²) >= 11 is 5.76. The van der Waals surface area contributed by atoms with Gasteiger partial charge in [0.15, 0.2) is 11.5 Å². The Bertz CT molecular complexity index is 347. The SMILES string of the molecule is COc1cc(Cl)cc(O)c1OC1CC1. The molecule has 1 aliphatic rings. The molecule has 14 heavy (non-hydrogen) atoms. The molecule has 0 radical (unpaired) electrons. The predicted octanol–water partition coefficient (Wildman–Crippen LogP) is 2.60. The van der Waals surface area contributed by atoms with E-state index in [1.807, 2.05) is 0 Å². The molecule has 0 unspecified atom stereocenters. The molecule has 1 aromatic rings. The Labute approximate surface area is 87.2 Å². The van der Waals surface area contributed by atoms with Crippen molar-refractivity contribution in [3.05, 3.63) is 17.2 Å². The molecular weight excluding hydrogens is 204 g/mol. The van der Waals surface area contributed by atoms with E-state index in [0.29, 0.717) is 16.5 Å². The molecule has 1 N–H and O–H groups in total. The number of phenols is 1. The van der Waals surface area contributed by atoms with Crippen molar-refractivity contribution in [1.29, 1.82) is 0 Å². The molecule has 0 saturated heterocycles. The predicted molar refractivity (Wildman–Crippen MR) is 53.3 cm³/mol. The fraction of sp³-hybridized carbons (Fsp3) is 0.400. The zero-order chi connectivity index (χ0) is 10.1. The van der Waals surface area contributed by atoms with Gasteiger partial charge in [0.1, 0.15) is 0 Å². The van der Waals surface area contributed by atoms with E-state index in [4.69, 9.17) is 21.1 Å². The molecule has 1 aromatic carbocycles. The lowest BCUT2D eigenvalue weighted by Crippen LogP contribution is -1.98. The number of methoxy groups -OCH3 is 1. The van der Waals surface area contributed by atoms with E-state index in [0.717, 1.165) is 12.8 Å².